The molecule has 0 bridgehead atoms. The molecule has 0 spiro atoms. The molecule has 0 unspecified atom stereocenters. The van der Waals surface area contributed by atoms with Gasteiger partial charge in [0.2, 0.25) is 0 Å². The minimum absolute atomic E-state index is 0.00463. The van der Waals surface area contributed by atoms with Crippen molar-refractivity contribution in [2.24, 2.45) is 5.92 Å². The average Bonchev–Trinajstić information content (AvgIpc) is 1.97. The van der Waals surface area contributed by atoms with Gasteiger partial charge in [0.1, 0.15) is 0 Å². The Morgan fingerprint density at radius 1 is 1.15 bits per heavy atom. The van der Waals surface area contributed by atoms with Crippen LogP contribution in [0.4, 0.5) is 0 Å². The van der Waals surface area contributed by atoms with Crippen LogP contribution in [-0.2, 0) is 9.59 Å². The molecule has 0 radical (unpaired) electrons. The molecule has 0 aliphatic rings. The number of rotatable bonds is 4. The summed E-state index contributed by atoms with van der Waals surface area (Å²) in [5.74, 6) is -2.56. The molecule has 13 heavy (non-hydrogen) atoms. The molecular formula is C9H14O4. The van der Waals surface area contributed by atoms with Gasteiger partial charge in [-0.05, 0) is 12.3 Å². The molecule has 4 heteroatoms. The summed E-state index contributed by atoms with van der Waals surface area (Å²) in [6.07, 6.45) is 0.231. The summed E-state index contributed by atoms with van der Waals surface area (Å²) in [4.78, 5) is 21.4. The van der Waals surface area contributed by atoms with Crippen LogP contribution in [0.2, 0.25) is 0 Å². The number of aliphatic carboxylic acids is 2. The van der Waals surface area contributed by atoms with E-state index in [0.717, 1.165) is 0 Å². The Morgan fingerprint density at radius 2 is 1.62 bits per heavy atom. The van der Waals surface area contributed by atoms with E-state index in [0.29, 0.717) is 0 Å². The van der Waals surface area contributed by atoms with Crippen LogP contribution < -0.4 is 0 Å². The number of carboxylic acids is 2. The fourth-order valence-corrected chi connectivity index (χ4v) is 1.18. The molecule has 0 amide bonds. The molecule has 0 aromatic carbocycles. The van der Waals surface area contributed by atoms with Crippen LogP contribution >= 0.6 is 0 Å². The molecule has 0 aromatic rings. The van der Waals surface area contributed by atoms with E-state index in [2.05, 4.69) is 0 Å². The zero-order chi connectivity index (χ0) is 10.6. The van der Waals surface area contributed by atoms with Gasteiger partial charge in [0.05, 0.1) is 0 Å². The van der Waals surface area contributed by atoms with E-state index in [1.165, 1.54) is 0 Å². The molecule has 74 valence electrons. The van der Waals surface area contributed by atoms with Crippen LogP contribution in [0.1, 0.15) is 27.2 Å². The number of hydrogen-bond acceptors (Lipinski definition) is 2. The Bertz CT molecular complexity index is 250. The maximum Gasteiger partial charge on any atom is 0.332 e. The van der Waals surface area contributed by atoms with E-state index in [1.54, 1.807) is 20.8 Å². The van der Waals surface area contributed by atoms with E-state index in [-0.39, 0.29) is 23.5 Å². The maximum atomic E-state index is 10.7. The molecule has 2 N–H and O–H groups in total. The largest absolute Gasteiger partial charge is 0.478 e. The average molecular weight is 186 g/mol. The molecule has 0 fully saturated rings. The van der Waals surface area contributed by atoms with Crippen molar-refractivity contribution in [3.8, 4) is 0 Å². The van der Waals surface area contributed by atoms with Gasteiger partial charge in [-0.3, -0.25) is 0 Å². The zero-order valence-corrected chi connectivity index (χ0v) is 8.00. The van der Waals surface area contributed by atoms with Gasteiger partial charge in [-0.25, -0.2) is 9.59 Å². The zero-order valence-electron chi connectivity index (χ0n) is 8.00. The van der Waals surface area contributed by atoms with Gasteiger partial charge in [-0.2, -0.15) is 0 Å². The molecule has 0 saturated heterocycles. The van der Waals surface area contributed by atoms with Gasteiger partial charge >= 0.3 is 11.9 Å². The van der Waals surface area contributed by atoms with E-state index in [1.807, 2.05) is 0 Å². The lowest BCUT2D eigenvalue weighted by Gasteiger charge is -2.09. The van der Waals surface area contributed by atoms with Crippen molar-refractivity contribution in [3.63, 3.8) is 0 Å². The molecule has 0 aliphatic heterocycles. The van der Waals surface area contributed by atoms with Gasteiger partial charge < -0.3 is 10.2 Å². The lowest BCUT2D eigenvalue weighted by molar-refractivity contribution is -0.136. The van der Waals surface area contributed by atoms with Crippen molar-refractivity contribution in [3.05, 3.63) is 11.1 Å². The van der Waals surface area contributed by atoms with Crippen molar-refractivity contribution in [2.45, 2.75) is 27.2 Å². The second kappa shape index (κ2) is 4.64. The van der Waals surface area contributed by atoms with E-state index < -0.39 is 11.9 Å². The first-order valence-electron chi connectivity index (χ1n) is 4.11. The van der Waals surface area contributed by atoms with E-state index in [9.17, 15) is 9.59 Å². The summed E-state index contributed by atoms with van der Waals surface area (Å²) in [5, 5.41) is 17.5. The Morgan fingerprint density at radius 3 is 1.69 bits per heavy atom. The summed E-state index contributed by atoms with van der Waals surface area (Å²) < 4.78 is 0. The molecule has 4 nitrogen and oxygen atoms in total. The standard InChI is InChI=1S/C9H14O4/c1-4-6(8(10)11)7(5(2)3)9(12)13/h5H,4H2,1-3H3,(H,10,11)(H,12,13)/b7-6-. The Balaban J connectivity index is 5.26. The van der Waals surface area contributed by atoms with Gasteiger partial charge in [0, 0.05) is 11.1 Å². The molecule has 0 heterocycles. The van der Waals surface area contributed by atoms with E-state index >= 15 is 0 Å². The number of carbonyl (C=O) groups is 2. The highest BCUT2D eigenvalue weighted by Gasteiger charge is 2.20. The summed E-state index contributed by atoms with van der Waals surface area (Å²) in [5.41, 5.74) is -0.0162. The van der Waals surface area contributed by atoms with Gasteiger partial charge in [0.25, 0.3) is 0 Å². The predicted molar refractivity (Wildman–Crippen MR) is 47.4 cm³/mol. The fraction of sp³-hybridized carbons (Fsp3) is 0.556. The van der Waals surface area contributed by atoms with Crippen LogP contribution in [0.3, 0.4) is 0 Å². The molecule has 0 aliphatic carbocycles. The topological polar surface area (TPSA) is 74.6 Å². The predicted octanol–water partition coefficient (Wildman–Crippen LogP) is 1.52. The molecule has 0 aromatic heterocycles. The Labute approximate surface area is 76.9 Å². The first kappa shape index (κ1) is 11.7. The first-order chi connectivity index (χ1) is 5.91. The van der Waals surface area contributed by atoms with Gasteiger partial charge in [-0.1, -0.05) is 20.8 Å². The summed E-state index contributed by atoms with van der Waals surface area (Å²) >= 11 is 0. The quantitative estimate of drug-likeness (QED) is 0.653. The van der Waals surface area contributed by atoms with Crippen LogP contribution in [0.25, 0.3) is 0 Å². The number of carboxylic acid groups (broad SMARTS) is 2. The van der Waals surface area contributed by atoms with Crippen LogP contribution in [0.15, 0.2) is 11.1 Å². The van der Waals surface area contributed by atoms with Crippen molar-refractivity contribution >= 4 is 11.9 Å². The highest BCUT2D eigenvalue weighted by atomic mass is 16.4. The summed E-state index contributed by atoms with van der Waals surface area (Å²) in [6.45, 7) is 4.97. The normalized spacial score (nSPS) is 12.6. The lowest BCUT2D eigenvalue weighted by atomic mass is 9.96. The van der Waals surface area contributed by atoms with E-state index in [4.69, 9.17) is 10.2 Å². The van der Waals surface area contributed by atoms with Gasteiger partial charge in [0.15, 0.2) is 0 Å². The summed E-state index contributed by atoms with van der Waals surface area (Å²) in [6, 6.07) is 0. The fourth-order valence-electron chi connectivity index (χ4n) is 1.18. The van der Waals surface area contributed by atoms with Crippen LogP contribution in [0.5, 0.6) is 0 Å². The third-order valence-corrected chi connectivity index (χ3v) is 1.74. The Kier molecular flexibility index (Phi) is 4.17. The third kappa shape index (κ3) is 2.89. The van der Waals surface area contributed by atoms with Crippen molar-refractivity contribution in [2.75, 3.05) is 0 Å². The van der Waals surface area contributed by atoms with Gasteiger partial charge in [-0.15, -0.1) is 0 Å². The van der Waals surface area contributed by atoms with Crippen molar-refractivity contribution < 1.29 is 19.8 Å². The van der Waals surface area contributed by atoms with Crippen molar-refractivity contribution in [1.82, 2.24) is 0 Å². The second-order valence-electron chi connectivity index (χ2n) is 3.01. The molecule has 0 saturated carbocycles. The van der Waals surface area contributed by atoms with Crippen molar-refractivity contribution in [1.29, 1.82) is 0 Å². The Hall–Kier alpha value is -1.32. The first-order valence-corrected chi connectivity index (χ1v) is 4.11. The smallest absolute Gasteiger partial charge is 0.332 e. The summed E-state index contributed by atoms with van der Waals surface area (Å²) in [7, 11) is 0. The third-order valence-electron chi connectivity index (χ3n) is 1.74. The minimum atomic E-state index is -1.14. The monoisotopic (exact) mass is 186 g/mol. The molecule has 0 atom stereocenters. The molecular weight excluding hydrogens is 172 g/mol. The lowest BCUT2D eigenvalue weighted by Crippen LogP contribution is -2.15. The highest BCUT2D eigenvalue weighted by molar-refractivity contribution is 5.99. The molecule has 0 rings (SSSR count). The SMILES string of the molecule is CC/C(C(=O)O)=C(/C(=O)O)C(C)C. The highest BCUT2D eigenvalue weighted by Crippen LogP contribution is 2.17. The minimum Gasteiger partial charge on any atom is -0.478 e. The van der Waals surface area contributed by atoms with Crippen LogP contribution in [0, 0.1) is 5.92 Å². The second-order valence-corrected chi connectivity index (χ2v) is 3.01. The number of hydrogen-bond donors (Lipinski definition) is 2. The van der Waals surface area contributed by atoms with Crippen LogP contribution in [-0.4, -0.2) is 22.2 Å². The maximum absolute atomic E-state index is 10.7.